The van der Waals surface area contributed by atoms with Gasteiger partial charge in [0.1, 0.15) is 5.78 Å². The summed E-state index contributed by atoms with van der Waals surface area (Å²) in [5.74, 6) is 1.06. The summed E-state index contributed by atoms with van der Waals surface area (Å²) < 4.78 is 5.56. The predicted octanol–water partition coefficient (Wildman–Crippen LogP) is 3.06. The Kier molecular flexibility index (Phi) is 8.27. The quantitative estimate of drug-likeness (QED) is 0.652. The van der Waals surface area contributed by atoms with Crippen molar-refractivity contribution in [3.63, 3.8) is 0 Å². The monoisotopic (exact) mass is 255 g/mol. The molecule has 0 aromatic heterocycles. The van der Waals surface area contributed by atoms with Crippen LogP contribution in [0.3, 0.4) is 0 Å². The second-order valence-electron chi connectivity index (χ2n) is 5.46. The van der Waals surface area contributed by atoms with Crippen molar-refractivity contribution in [3.8, 4) is 0 Å². The first-order chi connectivity index (χ1) is 8.76. The van der Waals surface area contributed by atoms with Gasteiger partial charge in [0.15, 0.2) is 0 Å². The van der Waals surface area contributed by atoms with Gasteiger partial charge in [-0.3, -0.25) is 4.79 Å². The van der Waals surface area contributed by atoms with Gasteiger partial charge in [-0.2, -0.15) is 0 Å². The molecule has 1 fully saturated rings. The van der Waals surface area contributed by atoms with Gasteiger partial charge in [0, 0.05) is 19.4 Å². The van der Waals surface area contributed by atoms with Gasteiger partial charge in [0.2, 0.25) is 0 Å². The lowest BCUT2D eigenvalue weighted by atomic mass is 9.94. The molecule has 2 N–H and O–H groups in total. The number of hydrogen-bond donors (Lipinski definition) is 1. The number of carbonyl (C=O) groups excluding carboxylic acids is 1. The molecule has 0 aromatic carbocycles. The van der Waals surface area contributed by atoms with Crippen LogP contribution in [0.15, 0.2) is 0 Å². The molecule has 1 saturated heterocycles. The molecular formula is C15H29NO2. The van der Waals surface area contributed by atoms with Gasteiger partial charge < -0.3 is 10.5 Å². The second-order valence-corrected chi connectivity index (χ2v) is 5.46. The molecule has 0 aliphatic carbocycles. The lowest BCUT2D eigenvalue weighted by Crippen LogP contribution is -2.11. The van der Waals surface area contributed by atoms with Crippen molar-refractivity contribution in [2.24, 2.45) is 11.7 Å². The molecule has 106 valence electrons. The average molecular weight is 255 g/mol. The molecule has 1 rings (SSSR count). The van der Waals surface area contributed by atoms with Crippen LogP contribution in [-0.4, -0.2) is 25.0 Å². The molecule has 0 saturated carbocycles. The number of ether oxygens (including phenoxy) is 1. The van der Waals surface area contributed by atoms with E-state index in [0.29, 0.717) is 17.8 Å². The topological polar surface area (TPSA) is 52.3 Å². The lowest BCUT2D eigenvalue weighted by molar-refractivity contribution is -0.119. The van der Waals surface area contributed by atoms with E-state index in [1.807, 2.05) is 0 Å². The summed E-state index contributed by atoms with van der Waals surface area (Å²) in [7, 11) is 0. The molecule has 0 amide bonds. The smallest absolute Gasteiger partial charge is 0.132 e. The van der Waals surface area contributed by atoms with Crippen LogP contribution in [0.4, 0.5) is 0 Å². The molecule has 1 aliphatic rings. The molecule has 3 nitrogen and oxygen atoms in total. The van der Waals surface area contributed by atoms with Crippen LogP contribution in [0.25, 0.3) is 0 Å². The normalized spacial score (nSPS) is 21.1. The third kappa shape index (κ3) is 6.50. The van der Waals surface area contributed by atoms with E-state index in [1.54, 1.807) is 0 Å². The second kappa shape index (κ2) is 9.51. The van der Waals surface area contributed by atoms with E-state index in [1.165, 1.54) is 12.8 Å². The highest BCUT2D eigenvalue weighted by molar-refractivity contribution is 5.78. The average Bonchev–Trinajstić information content (AvgIpc) is 2.87. The van der Waals surface area contributed by atoms with Gasteiger partial charge in [0.25, 0.3) is 0 Å². The van der Waals surface area contributed by atoms with Crippen molar-refractivity contribution < 1.29 is 9.53 Å². The van der Waals surface area contributed by atoms with Gasteiger partial charge >= 0.3 is 0 Å². The fourth-order valence-corrected chi connectivity index (χ4v) is 2.68. The molecular weight excluding hydrogens is 226 g/mol. The maximum absolute atomic E-state index is 11.8. The minimum atomic E-state index is 0.420. The van der Waals surface area contributed by atoms with Crippen molar-refractivity contribution in [1.82, 2.24) is 0 Å². The van der Waals surface area contributed by atoms with Crippen molar-refractivity contribution >= 4 is 5.78 Å². The third-order valence-corrected chi connectivity index (χ3v) is 3.99. The zero-order chi connectivity index (χ0) is 13.2. The van der Waals surface area contributed by atoms with Crippen LogP contribution in [-0.2, 0) is 9.53 Å². The Morgan fingerprint density at radius 3 is 2.83 bits per heavy atom. The van der Waals surface area contributed by atoms with E-state index in [-0.39, 0.29) is 0 Å². The Balaban J connectivity index is 2.02. The highest BCUT2D eigenvalue weighted by Gasteiger charge is 2.15. The van der Waals surface area contributed by atoms with E-state index >= 15 is 0 Å². The van der Waals surface area contributed by atoms with Crippen molar-refractivity contribution in [2.45, 2.75) is 70.8 Å². The van der Waals surface area contributed by atoms with Crippen LogP contribution < -0.4 is 5.73 Å². The summed E-state index contributed by atoms with van der Waals surface area (Å²) in [6.45, 7) is 3.84. The zero-order valence-electron chi connectivity index (χ0n) is 11.8. The Morgan fingerprint density at radius 2 is 2.22 bits per heavy atom. The highest BCUT2D eigenvalue weighted by atomic mass is 16.5. The number of nitrogens with two attached hydrogens (primary N) is 1. The Labute approximate surface area is 111 Å². The first-order valence-electron chi connectivity index (χ1n) is 7.59. The van der Waals surface area contributed by atoms with Gasteiger partial charge in [0.05, 0.1) is 6.10 Å². The molecule has 2 unspecified atom stereocenters. The van der Waals surface area contributed by atoms with Crippen LogP contribution >= 0.6 is 0 Å². The number of rotatable bonds is 10. The van der Waals surface area contributed by atoms with E-state index in [4.69, 9.17) is 10.5 Å². The van der Waals surface area contributed by atoms with Gasteiger partial charge in [-0.05, 0) is 51.0 Å². The Bertz CT molecular complexity index is 225. The summed E-state index contributed by atoms with van der Waals surface area (Å²) in [6.07, 6.45) is 9.55. The van der Waals surface area contributed by atoms with Crippen LogP contribution in [0.1, 0.15) is 64.7 Å². The van der Waals surface area contributed by atoms with Gasteiger partial charge in [-0.25, -0.2) is 0 Å². The summed E-state index contributed by atoms with van der Waals surface area (Å²) in [4.78, 5) is 11.8. The summed E-state index contributed by atoms with van der Waals surface area (Å²) in [5.41, 5.74) is 5.56. The minimum absolute atomic E-state index is 0.420. The molecule has 3 heteroatoms. The highest BCUT2D eigenvalue weighted by Crippen LogP contribution is 2.19. The molecule has 0 radical (unpaired) electrons. The number of ketones is 1. The van der Waals surface area contributed by atoms with Crippen LogP contribution in [0, 0.1) is 5.92 Å². The van der Waals surface area contributed by atoms with Gasteiger partial charge in [-0.15, -0.1) is 0 Å². The molecule has 0 spiro atoms. The maximum Gasteiger partial charge on any atom is 0.132 e. The molecule has 18 heavy (non-hydrogen) atoms. The minimum Gasteiger partial charge on any atom is -0.378 e. The standard InChI is InChI=1S/C15H29NO2/c1-2-13(10-11-16)8-9-14(17)5-3-6-15-7-4-12-18-15/h13,15H,2-12,16H2,1H3. The molecule has 0 bridgehead atoms. The number of carbonyl (C=O) groups is 1. The van der Waals surface area contributed by atoms with Crippen molar-refractivity contribution in [3.05, 3.63) is 0 Å². The Morgan fingerprint density at radius 1 is 1.39 bits per heavy atom. The summed E-state index contributed by atoms with van der Waals surface area (Å²) in [6, 6.07) is 0. The molecule has 2 atom stereocenters. The first-order valence-corrected chi connectivity index (χ1v) is 7.59. The number of hydrogen-bond acceptors (Lipinski definition) is 3. The van der Waals surface area contributed by atoms with E-state index in [9.17, 15) is 4.79 Å². The molecule has 1 aliphatic heterocycles. The van der Waals surface area contributed by atoms with Crippen molar-refractivity contribution in [1.29, 1.82) is 0 Å². The van der Waals surface area contributed by atoms with Crippen molar-refractivity contribution in [2.75, 3.05) is 13.2 Å². The van der Waals surface area contributed by atoms with Gasteiger partial charge in [-0.1, -0.05) is 13.3 Å². The zero-order valence-corrected chi connectivity index (χ0v) is 11.8. The lowest BCUT2D eigenvalue weighted by Gasteiger charge is -2.13. The van der Waals surface area contributed by atoms with E-state index in [2.05, 4.69) is 6.92 Å². The molecule has 0 aromatic rings. The van der Waals surface area contributed by atoms with Crippen LogP contribution in [0.5, 0.6) is 0 Å². The Hall–Kier alpha value is -0.410. The van der Waals surface area contributed by atoms with E-state index < -0.39 is 0 Å². The van der Waals surface area contributed by atoms with Crippen LogP contribution in [0.2, 0.25) is 0 Å². The van der Waals surface area contributed by atoms with E-state index in [0.717, 1.165) is 58.1 Å². The first kappa shape index (κ1) is 15.6. The summed E-state index contributed by atoms with van der Waals surface area (Å²) >= 11 is 0. The fraction of sp³-hybridized carbons (Fsp3) is 0.933. The third-order valence-electron chi connectivity index (χ3n) is 3.99. The SMILES string of the molecule is CCC(CCN)CCC(=O)CCCC1CCCO1. The summed E-state index contributed by atoms with van der Waals surface area (Å²) in [5, 5.41) is 0. The predicted molar refractivity (Wildman–Crippen MR) is 74.5 cm³/mol. The fourth-order valence-electron chi connectivity index (χ4n) is 2.68. The number of Topliss-reactive ketones (excluding diaryl/α,β-unsaturated/α-hetero) is 1. The largest absolute Gasteiger partial charge is 0.378 e. The molecule has 1 heterocycles. The maximum atomic E-state index is 11.8.